The van der Waals surface area contributed by atoms with Crippen LogP contribution in [-0.4, -0.2) is 34.9 Å². The SMILES string of the molecule is CC/C=C\C/C=C\C/C=C\C/C=C\C/C=C\C/C=C\C/C=C\C/C=C\CCCCCCCCCCCCCCCCCCC(=O)NC(CO)C(O)/C=C/CC/C=C/CC/C=C/CCCCCCCCCCCCC. The van der Waals surface area contributed by atoms with Crippen LogP contribution >= 0.6 is 0 Å². The Hall–Kier alpha value is -3.47. The summed E-state index contributed by atoms with van der Waals surface area (Å²) in [7, 11) is 0. The van der Waals surface area contributed by atoms with Crippen LogP contribution in [0.25, 0.3) is 0 Å². The quantitative estimate of drug-likeness (QED) is 0.0420. The highest BCUT2D eigenvalue weighted by Crippen LogP contribution is 2.16. The second-order valence-corrected chi connectivity index (χ2v) is 20.7. The van der Waals surface area contributed by atoms with Crippen LogP contribution in [-0.2, 0) is 4.79 Å². The van der Waals surface area contributed by atoms with Gasteiger partial charge in [0.05, 0.1) is 18.8 Å². The lowest BCUT2D eigenvalue weighted by Crippen LogP contribution is -2.45. The predicted octanol–water partition coefficient (Wildman–Crippen LogP) is 21.4. The van der Waals surface area contributed by atoms with Crippen molar-refractivity contribution in [3.63, 3.8) is 0 Å². The first-order chi connectivity index (χ1) is 36.7. The zero-order valence-electron chi connectivity index (χ0n) is 48.6. The van der Waals surface area contributed by atoms with Gasteiger partial charge in [0.15, 0.2) is 0 Å². The Morgan fingerprint density at radius 1 is 0.338 bits per heavy atom. The van der Waals surface area contributed by atoms with Crippen molar-refractivity contribution in [2.45, 2.75) is 296 Å². The maximum atomic E-state index is 12.5. The van der Waals surface area contributed by atoms with Crippen molar-refractivity contribution < 1.29 is 15.0 Å². The molecule has 0 aliphatic carbocycles. The lowest BCUT2D eigenvalue weighted by atomic mass is 10.0. The number of hydrogen-bond donors (Lipinski definition) is 3. The molecule has 0 aromatic carbocycles. The number of carbonyl (C=O) groups excluding carboxylic acids is 1. The number of amides is 1. The Bertz CT molecular complexity index is 1490. The van der Waals surface area contributed by atoms with Crippen LogP contribution in [0.15, 0.2) is 134 Å². The molecular weight excluding hydrogens is 903 g/mol. The maximum absolute atomic E-state index is 12.5. The zero-order chi connectivity index (χ0) is 53.4. The van der Waals surface area contributed by atoms with Gasteiger partial charge in [0.2, 0.25) is 5.91 Å². The van der Waals surface area contributed by atoms with Crippen molar-refractivity contribution in [2.75, 3.05) is 6.61 Å². The number of aliphatic hydroxyl groups excluding tert-OH is 2. The lowest BCUT2D eigenvalue weighted by molar-refractivity contribution is -0.123. The fraction of sp³-hybridized carbons (Fsp3) is 0.671. The highest BCUT2D eigenvalue weighted by Gasteiger charge is 2.18. The van der Waals surface area contributed by atoms with E-state index in [1.165, 1.54) is 173 Å². The number of hydrogen-bond acceptors (Lipinski definition) is 3. The highest BCUT2D eigenvalue weighted by atomic mass is 16.3. The molecule has 2 unspecified atom stereocenters. The largest absolute Gasteiger partial charge is 0.394 e. The number of aliphatic hydroxyl groups is 2. The monoisotopic (exact) mass is 1020 g/mol. The molecule has 4 heteroatoms. The predicted molar refractivity (Wildman–Crippen MR) is 331 cm³/mol. The number of unbranched alkanes of at least 4 members (excludes halogenated alkanes) is 29. The summed E-state index contributed by atoms with van der Waals surface area (Å²) in [6.07, 6.45) is 99.2. The minimum absolute atomic E-state index is 0.0801. The molecule has 74 heavy (non-hydrogen) atoms. The van der Waals surface area contributed by atoms with Crippen LogP contribution in [0.5, 0.6) is 0 Å². The molecule has 2 atom stereocenters. The van der Waals surface area contributed by atoms with E-state index >= 15 is 0 Å². The van der Waals surface area contributed by atoms with Crippen LogP contribution in [0.1, 0.15) is 284 Å². The highest BCUT2D eigenvalue weighted by molar-refractivity contribution is 5.76. The van der Waals surface area contributed by atoms with Gasteiger partial charge in [-0.3, -0.25) is 4.79 Å². The van der Waals surface area contributed by atoms with Crippen molar-refractivity contribution in [3.05, 3.63) is 134 Å². The average Bonchev–Trinajstić information content (AvgIpc) is 3.40. The Labute approximate surface area is 460 Å². The number of carbonyl (C=O) groups is 1. The molecule has 0 aromatic heterocycles. The molecule has 0 aliphatic rings. The molecule has 1 amide bonds. The Kier molecular flexibility index (Phi) is 60.8. The molecule has 0 saturated carbocycles. The van der Waals surface area contributed by atoms with Crippen molar-refractivity contribution in [2.24, 2.45) is 0 Å². The van der Waals surface area contributed by atoms with Crippen LogP contribution in [0, 0.1) is 0 Å². The minimum atomic E-state index is -0.877. The first kappa shape index (κ1) is 70.5. The molecular formula is C70H119NO3. The summed E-state index contributed by atoms with van der Waals surface area (Å²) in [5, 5.41) is 23.2. The van der Waals surface area contributed by atoms with Gasteiger partial charge in [0.25, 0.3) is 0 Å². The summed E-state index contributed by atoms with van der Waals surface area (Å²) in [5.41, 5.74) is 0. The summed E-state index contributed by atoms with van der Waals surface area (Å²) in [6, 6.07) is -0.653. The van der Waals surface area contributed by atoms with Gasteiger partial charge in [-0.2, -0.15) is 0 Å². The summed E-state index contributed by atoms with van der Waals surface area (Å²) < 4.78 is 0. The van der Waals surface area contributed by atoms with E-state index in [9.17, 15) is 15.0 Å². The van der Waals surface area contributed by atoms with Gasteiger partial charge >= 0.3 is 0 Å². The molecule has 422 valence electrons. The van der Waals surface area contributed by atoms with Gasteiger partial charge in [-0.1, -0.05) is 302 Å². The summed E-state index contributed by atoms with van der Waals surface area (Å²) in [4.78, 5) is 12.5. The van der Waals surface area contributed by atoms with E-state index in [0.717, 1.165) is 89.9 Å². The van der Waals surface area contributed by atoms with Crippen molar-refractivity contribution in [3.8, 4) is 0 Å². The van der Waals surface area contributed by atoms with Gasteiger partial charge in [-0.15, -0.1) is 0 Å². The fourth-order valence-corrected chi connectivity index (χ4v) is 8.87. The van der Waals surface area contributed by atoms with Gasteiger partial charge in [0, 0.05) is 6.42 Å². The van der Waals surface area contributed by atoms with E-state index in [4.69, 9.17) is 0 Å². The molecule has 0 fully saturated rings. The third kappa shape index (κ3) is 59.4. The van der Waals surface area contributed by atoms with Gasteiger partial charge in [-0.25, -0.2) is 0 Å². The van der Waals surface area contributed by atoms with Crippen LogP contribution in [0.4, 0.5) is 0 Å². The van der Waals surface area contributed by atoms with Crippen LogP contribution in [0.2, 0.25) is 0 Å². The standard InChI is InChI=1S/C70H119NO3/c1-3-5-7-9-11-13-15-17-19-21-23-25-26-27-28-29-30-31-32-33-34-35-36-37-38-39-40-41-42-43-44-46-48-50-52-54-56-58-60-62-64-66-70(74)71-68(67-72)69(73)65-63-61-59-57-55-53-51-49-47-45-24-22-20-18-16-14-12-10-8-6-4-2/h5,7,11,13,17,19,23,25,27-28,30-31,33-34,36-37,47,49,55,57,63,65,68-69,72-73H,3-4,6,8-10,12,14-16,18,20-22,24,26,29,32,35,38-46,48,50-54,56,58-62,64,66-67H2,1-2H3,(H,71,74)/b7-5-,13-11-,19-17-,25-23-,28-27-,31-30-,34-33-,37-36-,49-47+,57-55+,65-63+. The van der Waals surface area contributed by atoms with Crippen LogP contribution in [0.3, 0.4) is 0 Å². The summed E-state index contributed by atoms with van der Waals surface area (Å²) >= 11 is 0. The molecule has 3 N–H and O–H groups in total. The Morgan fingerprint density at radius 3 is 0.946 bits per heavy atom. The van der Waals surface area contributed by atoms with E-state index in [-0.39, 0.29) is 12.5 Å². The maximum Gasteiger partial charge on any atom is 0.220 e. The first-order valence-corrected chi connectivity index (χ1v) is 31.4. The Balaban J connectivity index is 3.56. The molecule has 0 rings (SSSR count). The number of nitrogens with one attached hydrogen (secondary N) is 1. The molecule has 0 aliphatic heterocycles. The van der Waals surface area contributed by atoms with Gasteiger partial charge < -0.3 is 15.5 Å². The smallest absolute Gasteiger partial charge is 0.220 e. The van der Waals surface area contributed by atoms with E-state index < -0.39 is 12.1 Å². The molecule has 0 radical (unpaired) electrons. The van der Waals surface area contributed by atoms with E-state index in [0.29, 0.717) is 6.42 Å². The minimum Gasteiger partial charge on any atom is -0.394 e. The molecule has 0 bridgehead atoms. The molecule has 4 nitrogen and oxygen atoms in total. The fourth-order valence-electron chi connectivity index (χ4n) is 8.87. The normalized spacial score (nSPS) is 13.7. The lowest BCUT2D eigenvalue weighted by Gasteiger charge is -2.19. The summed E-state index contributed by atoms with van der Waals surface area (Å²) in [6.45, 7) is 4.18. The van der Waals surface area contributed by atoms with E-state index in [1.54, 1.807) is 6.08 Å². The van der Waals surface area contributed by atoms with Crippen molar-refractivity contribution >= 4 is 5.91 Å². The summed E-state index contributed by atoms with van der Waals surface area (Å²) in [5.74, 6) is -0.0801. The second-order valence-electron chi connectivity index (χ2n) is 20.7. The topological polar surface area (TPSA) is 69.6 Å². The zero-order valence-corrected chi connectivity index (χ0v) is 48.6. The second kappa shape index (κ2) is 63.8. The molecule has 0 aromatic rings. The van der Waals surface area contributed by atoms with E-state index in [2.05, 4.69) is 141 Å². The first-order valence-electron chi connectivity index (χ1n) is 31.4. The van der Waals surface area contributed by atoms with Crippen molar-refractivity contribution in [1.82, 2.24) is 5.32 Å². The number of allylic oxidation sites excluding steroid dienone is 21. The third-order valence-electron chi connectivity index (χ3n) is 13.6. The van der Waals surface area contributed by atoms with Gasteiger partial charge in [0.1, 0.15) is 0 Å². The number of rotatable bonds is 56. The third-order valence-corrected chi connectivity index (χ3v) is 13.6. The molecule has 0 spiro atoms. The van der Waals surface area contributed by atoms with Gasteiger partial charge in [-0.05, 0) is 109 Å². The Morgan fingerprint density at radius 2 is 0.608 bits per heavy atom. The molecule has 0 saturated heterocycles. The molecule has 0 heterocycles. The van der Waals surface area contributed by atoms with Crippen molar-refractivity contribution in [1.29, 1.82) is 0 Å². The van der Waals surface area contributed by atoms with Crippen LogP contribution < -0.4 is 5.32 Å². The van der Waals surface area contributed by atoms with E-state index in [1.807, 2.05) is 6.08 Å². The average molecular weight is 1020 g/mol.